The van der Waals surface area contributed by atoms with Crippen molar-refractivity contribution in [2.45, 2.75) is 12.3 Å². The maximum atomic E-state index is 6.80. The molecular weight excluding hydrogens is 520 g/mol. The van der Waals surface area contributed by atoms with Gasteiger partial charge in [-0.15, -0.1) is 0 Å². The van der Waals surface area contributed by atoms with E-state index in [1.807, 2.05) is 0 Å². The molecule has 0 radical (unpaired) electrons. The van der Waals surface area contributed by atoms with E-state index < -0.39 is 0 Å². The Balaban J connectivity index is 1.41. The van der Waals surface area contributed by atoms with Gasteiger partial charge in [0.15, 0.2) is 0 Å². The standard InChI is InChI=1S/C42H26O/c1-2-11-25(12-3-1)26-13-8-14-27(23-26)35-24-28-15-9-19-31-29-16-4-5-17-30(29)32-20-10-21-34-38(32)41(37(28)31)39(35)40-33-18-6-7-22-36(33)43-42(34)40/h1-23,35H,24H2. The van der Waals surface area contributed by atoms with E-state index in [2.05, 4.69) is 140 Å². The van der Waals surface area contributed by atoms with Crippen LogP contribution in [0.2, 0.25) is 0 Å². The van der Waals surface area contributed by atoms with Crippen LogP contribution in [0, 0.1) is 0 Å². The van der Waals surface area contributed by atoms with Crippen molar-refractivity contribution in [1.29, 1.82) is 0 Å². The van der Waals surface area contributed by atoms with Crippen molar-refractivity contribution in [2.24, 2.45) is 0 Å². The first-order valence-electron chi connectivity index (χ1n) is 15.1. The number of hydrogen-bond donors (Lipinski definition) is 0. The zero-order valence-electron chi connectivity index (χ0n) is 23.5. The van der Waals surface area contributed by atoms with Crippen molar-refractivity contribution >= 4 is 32.7 Å². The molecule has 0 fully saturated rings. The van der Waals surface area contributed by atoms with Crippen LogP contribution in [0.3, 0.4) is 0 Å². The highest BCUT2D eigenvalue weighted by atomic mass is 16.3. The molecule has 1 heteroatoms. The van der Waals surface area contributed by atoms with Gasteiger partial charge in [0.2, 0.25) is 0 Å². The maximum absolute atomic E-state index is 6.80. The van der Waals surface area contributed by atoms with Crippen LogP contribution in [-0.4, -0.2) is 0 Å². The third kappa shape index (κ3) is 3.12. The summed E-state index contributed by atoms with van der Waals surface area (Å²) in [5.74, 6) is 0.184. The van der Waals surface area contributed by atoms with Crippen molar-refractivity contribution in [3.63, 3.8) is 0 Å². The Labute approximate surface area is 249 Å². The molecule has 10 rings (SSSR count). The minimum atomic E-state index is 0.184. The Morgan fingerprint density at radius 1 is 0.488 bits per heavy atom. The van der Waals surface area contributed by atoms with E-state index in [9.17, 15) is 0 Å². The molecule has 0 saturated carbocycles. The molecule has 43 heavy (non-hydrogen) atoms. The average Bonchev–Trinajstić information content (AvgIpc) is 3.42. The van der Waals surface area contributed by atoms with Gasteiger partial charge >= 0.3 is 0 Å². The van der Waals surface area contributed by atoms with E-state index in [1.54, 1.807) is 0 Å². The smallest absolute Gasteiger partial charge is 0.143 e. The molecule has 1 heterocycles. The molecule has 200 valence electrons. The minimum Gasteiger partial charge on any atom is -0.455 e. The van der Waals surface area contributed by atoms with Gasteiger partial charge in [0.05, 0.1) is 0 Å². The predicted octanol–water partition coefficient (Wildman–Crippen LogP) is 11.4. The van der Waals surface area contributed by atoms with E-state index >= 15 is 0 Å². The van der Waals surface area contributed by atoms with Gasteiger partial charge < -0.3 is 4.42 Å². The van der Waals surface area contributed by atoms with E-state index in [1.165, 1.54) is 82.7 Å². The van der Waals surface area contributed by atoms with Crippen LogP contribution in [-0.2, 0) is 6.42 Å². The average molecular weight is 547 g/mol. The molecular formula is C42H26O. The Hall–Kier alpha value is -5.40. The van der Waals surface area contributed by atoms with E-state index in [-0.39, 0.29) is 5.92 Å². The SMILES string of the molecule is c1ccc(-c2cccc(C3Cc4cccc5c4-c4c3c3c6ccccc6oc3c3cccc(c43)-c3ccccc3-5)c2)cc1. The third-order valence-corrected chi connectivity index (χ3v) is 9.77. The largest absolute Gasteiger partial charge is 0.455 e. The lowest BCUT2D eigenvalue weighted by Gasteiger charge is -2.31. The topological polar surface area (TPSA) is 13.1 Å². The summed E-state index contributed by atoms with van der Waals surface area (Å²) in [5, 5.41) is 4.96. The zero-order valence-corrected chi connectivity index (χ0v) is 23.5. The maximum Gasteiger partial charge on any atom is 0.143 e. The van der Waals surface area contributed by atoms with Crippen molar-refractivity contribution in [3.8, 4) is 44.5 Å². The number of benzene rings is 7. The zero-order chi connectivity index (χ0) is 28.1. The Bertz CT molecular complexity index is 2430. The summed E-state index contributed by atoms with van der Waals surface area (Å²) >= 11 is 0. The van der Waals surface area contributed by atoms with E-state index in [0.29, 0.717) is 0 Å². The normalized spacial score (nSPS) is 14.7. The van der Waals surface area contributed by atoms with Crippen LogP contribution in [0.1, 0.15) is 22.6 Å². The molecule has 0 amide bonds. The van der Waals surface area contributed by atoms with E-state index in [0.717, 1.165) is 17.6 Å². The summed E-state index contributed by atoms with van der Waals surface area (Å²) in [6.45, 7) is 0. The molecule has 1 aromatic heterocycles. The highest BCUT2D eigenvalue weighted by Crippen LogP contribution is 2.58. The Morgan fingerprint density at radius 2 is 1.16 bits per heavy atom. The Morgan fingerprint density at radius 3 is 2.07 bits per heavy atom. The first kappa shape index (κ1) is 23.2. The fourth-order valence-electron chi connectivity index (χ4n) is 8.02. The second-order valence-electron chi connectivity index (χ2n) is 12.0. The molecule has 2 aliphatic rings. The van der Waals surface area contributed by atoms with Crippen molar-refractivity contribution in [2.75, 3.05) is 0 Å². The number of para-hydroxylation sites is 1. The lowest BCUT2D eigenvalue weighted by atomic mass is 9.71. The molecule has 0 saturated heterocycles. The highest BCUT2D eigenvalue weighted by Gasteiger charge is 2.36. The van der Waals surface area contributed by atoms with Gasteiger partial charge in [-0.1, -0.05) is 133 Å². The van der Waals surface area contributed by atoms with Crippen molar-refractivity contribution in [1.82, 2.24) is 0 Å². The second-order valence-corrected chi connectivity index (χ2v) is 12.0. The molecule has 0 N–H and O–H groups in total. The molecule has 1 nitrogen and oxygen atoms in total. The number of fused-ring (bicyclic) bond motifs is 8. The molecule has 2 aliphatic carbocycles. The summed E-state index contributed by atoms with van der Waals surface area (Å²) in [5.41, 5.74) is 16.6. The third-order valence-electron chi connectivity index (χ3n) is 9.77. The number of rotatable bonds is 2. The van der Waals surface area contributed by atoms with E-state index in [4.69, 9.17) is 4.42 Å². The molecule has 0 aliphatic heterocycles. The fourth-order valence-corrected chi connectivity index (χ4v) is 8.02. The summed E-state index contributed by atoms with van der Waals surface area (Å²) in [7, 11) is 0. The van der Waals surface area contributed by atoms with Crippen LogP contribution >= 0.6 is 0 Å². The molecule has 0 spiro atoms. The lowest BCUT2D eigenvalue weighted by Crippen LogP contribution is -2.14. The minimum absolute atomic E-state index is 0.184. The quantitative estimate of drug-likeness (QED) is 0.210. The molecule has 0 bridgehead atoms. The predicted molar refractivity (Wildman–Crippen MR) is 179 cm³/mol. The lowest BCUT2D eigenvalue weighted by molar-refractivity contribution is 0.672. The second kappa shape index (κ2) is 8.56. The highest BCUT2D eigenvalue weighted by molar-refractivity contribution is 6.27. The summed E-state index contributed by atoms with van der Waals surface area (Å²) < 4.78 is 6.80. The summed E-state index contributed by atoms with van der Waals surface area (Å²) in [6, 6.07) is 51.2. The number of hydrogen-bond acceptors (Lipinski definition) is 1. The summed E-state index contributed by atoms with van der Waals surface area (Å²) in [6.07, 6.45) is 0.943. The van der Waals surface area contributed by atoms with Crippen LogP contribution in [0.4, 0.5) is 0 Å². The van der Waals surface area contributed by atoms with Gasteiger partial charge in [-0.25, -0.2) is 0 Å². The van der Waals surface area contributed by atoms with Crippen LogP contribution < -0.4 is 0 Å². The van der Waals surface area contributed by atoms with Gasteiger partial charge in [-0.05, 0) is 73.7 Å². The van der Waals surface area contributed by atoms with Crippen LogP contribution in [0.15, 0.2) is 144 Å². The van der Waals surface area contributed by atoms with Gasteiger partial charge in [0.25, 0.3) is 0 Å². The van der Waals surface area contributed by atoms with Gasteiger partial charge in [0.1, 0.15) is 11.2 Å². The fraction of sp³-hybridized carbons (Fsp3) is 0.0476. The molecule has 8 aromatic rings. The van der Waals surface area contributed by atoms with Gasteiger partial charge in [-0.2, -0.15) is 0 Å². The van der Waals surface area contributed by atoms with Gasteiger partial charge in [-0.3, -0.25) is 0 Å². The summed E-state index contributed by atoms with van der Waals surface area (Å²) in [4.78, 5) is 0. The number of furan rings is 1. The van der Waals surface area contributed by atoms with Crippen LogP contribution in [0.5, 0.6) is 0 Å². The monoisotopic (exact) mass is 546 g/mol. The van der Waals surface area contributed by atoms with Crippen molar-refractivity contribution in [3.05, 3.63) is 156 Å². The molecule has 1 unspecified atom stereocenters. The first-order chi connectivity index (χ1) is 21.3. The molecule has 7 aromatic carbocycles. The first-order valence-corrected chi connectivity index (χ1v) is 15.1. The van der Waals surface area contributed by atoms with Gasteiger partial charge in [0, 0.05) is 27.5 Å². The Kier molecular flexibility index (Phi) is 4.62. The molecule has 1 atom stereocenters. The van der Waals surface area contributed by atoms with Crippen LogP contribution in [0.25, 0.3) is 77.2 Å². The van der Waals surface area contributed by atoms with Crippen molar-refractivity contribution < 1.29 is 4.42 Å².